The molecule has 22 heavy (non-hydrogen) atoms. The Hall–Kier alpha value is -2.21. The fourth-order valence-corrected chi connectivity index (χ4v) is 2.65. The van der Waals surface area contributed by atoms with Crippen molar-refractivity contribution in [3.05, 3.63) is 53.6 Å². The van der Waals surface area contributed by atoms with Gasteiger partial charge in [0.1, 0.15) is 11.5 Å². The van der Waals surface area contributed by atoms with Gasteiger partial charge in [-0.15, -0.1) is 0 Å². The molecule has 1 aromatic carbocycles. The highest BCUT2D eigenvalue weighted by molar-refractivity contribution is 5.92. The lowest BCUT2D eigenvalue weighted by molar-refractivity contribution is 0.0622. The summed E-state index contributed by atoms with van der Waals surface area (Å²) in [7, 11) is 1.80. The molecule has 5 nitrogen and oxygen atoms in total. The van der Waals surface area contributed by atoms with Crippen molar-refractivity contribution in [2.45, 2.75) is 6.54 Å². The summed E-state index contributed by atoms with van der Waals surface area (Å²) in [5.74, 6) is -0.225. The van der Waals surface area contributed by atoms with Gasteiger partial charge in [0.15, 0.2) is 0 Å². The Labute approximate surface area is 128 Å². The van der Waals surface area contributed by atoms with Crippen molar-refractivity contribution < 1.29 is 9.18 Å². The van der Waals surface area contributed by atoms with E-state index in [1.807, 2.05) is 4.90 Å². The van der Waals surface area contributed by atoms with Crippen molar-refractivity contribution in [2.24, 2.45) is 7.05 Å². The molecule has 6 heteroatoms. The van der Waals surface area contributed by atoms with E-state index in [0.717, 1.165) is 25.2 Å². The van der Waals surface area contributed by atoms with Gasteiger partial charge in [0.2, 0.25) is 0 Å². The van der Waals surface area contributed by atoms with Crippen LogP contribution in [-0.4, -0.2) is 51.7 Å². The van der Waals surface area contributed by atoms with Crippen LogP contribution in [0.3, 0.4) is 0 Å². The second-order valence-corrected chi connectivity index (χ2v) is 5.57. The van der Waals surface area contributed by atoms with E-state index in [2.05, 4.69) is 10.00 Å². The second-order valence-electron chi connectivity index (χ2n) is 5.57. The first-order valence-corrected chi connectivity index (χ1v) is 7.37. The van der Waals surface area contributed by atoms with E-state index in [1.54, 1.807) is 36.1 Å². The van der Waals surface area contributed by atoms with Gasteiger partial charge in [-0.3, -0.25) is 14.4 Å². The number of piperazine rings is 1. The Bertz CT molecular complexity index is 644. The van der Waals surface area contributed by atoms with E-state index in [0.29, 0.717) is 18.8 Å². The first kappa shape index (κ1) is 14.7. The molecule has 2 heterocycles. The average molecular weight is 302 g/mol. The van der Waals surface area contributed by atoms with Crippen LogP contribution in [0, 0.1) is 5.82 Å². The standard InChI is InChI=1S/C16H19FN4O/c1-19-7-6-15(18-19)16(22)21-10-8-20(9-11-21)12-13-2-4-14(17)5-3-13/h2-7H,8-12H2,1H3. The largest absolute Gasteiger partial charge is 0.335 e. The number of hydrogen-bond donors (Lipinski definition) is 0. The maximum absolute atomic E-state index is 12.9. The van der Waals surface area contributed by atoms with Crippen LogP contribution in [0.1, 0.15) is 16.1 Å². The molecule has 0 atom stereocenters. The van der Waals surface area contributed by atoms with Crippen molar-refractivity contribution in [3.63, 3.8) is 0 Å². The van der Waals surface area contributed by atoms with Gasteiger partial charge in [0, 0.05) is 46.0 Å². The highest BCUT2D eigenvalue weighted by atomic mass is 19.1. The van der Waals surface area contributed by atoms with Gasteiger partial charge >= 0.3 is 0 Å². The molecule has 2 aromatic rings. The van der Waals surface area contributed by atoms with Crippen LogP contribution in [0.15, 0.2) is 36.5 Å². The zero-order valence-corrected chi connectivity index (χ0v) is 12.6. The number of hydrogen-bond acceptors (Lipinski definition) is 3. The zero-order chi connectivity index (χ0) is 15.5. The minimum atomic E-state index is -0.213. The average Bonchev–Trinajstić information content (AvgIpc) is 2.96. The monoisotopic (exact) mass is 302 g/mol. The predicted molar refractivity (Wildman–Crippen MR) is 80.8 cm³/mol. The lowest BCUT2D eigenvalue weighted by Gasteiger charge is -2.34. The van der Waals surface area contributed by atoms with Gasteiger partial charge < -0.3 is 4.90 Å². The van der Waals surface area contributed by atoms with Crippen molar-refractivity contribution in [2.75, 3.05) is 26.2 Å². The third-order valence-corrected chi connectivity index (χ3v) is 3.91. The number of benzene rings is 1. The lowest BCUT2D eigenvalue weighted by atomic mass is 10.2. The third-order valence-electron chi connectivity index (χ3n) is 3.91. The summed E-state index contributed by atoms with van der Waals surface area (Å²) in [6.45, 7) is 3.80. The van der Waals surface area contributed by atoms with Crippen molar-refractivity contribution >= 4 is 5.91 Å². The molecule has 0 unspecified atom stereocenters. The van der Waals surface area contributed by atoms with Crippen LogP contribution in [-0.2, 0) is 13.6 Å². The lowest BCUT2D eigenvalue weighted by Crippen LogP contribution is -2.48. The van der Waals surface area contributed by atoms with Gasteiger partial charge in [-0.2, -0.15) is 5.10 Å². The first-order valence-electron chi connectivity index (χ1n) is 7.37. The molecule has 0 saturated carbocycles. The van der Waals surface area contributed by atoms with Crippen LogP contribution in [0.25, 0.3) is 0 Å². The molecule has 3 rings (SSSR count). The van der Waals surface area contributed by atoms with E-state index in [9.17, 15) is 9.18 Å². The maximum Gasteiger partial charge on any atom is 0.274 e. The van der Waals surface area contributed by atoms with Crippen molar-refractivity contribution in [1.29, 1.82) is 0 Å². The number of nitrogens with zero attached hydrogens (tertiary/aromatic N) is 4. The molecule has 1 aliphatic heterocycles. The summed E-state index contributed by atoms with van der Waals surface area (Å²) in [4.78, 5) is 16.4. The Morgan fingerprint density at radius 3 is 2.41 bits per heavy atom. The Morgan fingerprint density at radius 2 is 1.82 bits per heavy atom. The molecule has 1 fully saturated rings. The van der Waals surface area contributed by atoms with Crippen molar-refractivity contribution in [1.82, 2.24) is 19.6 Å². The van der Waals surface area contributed by atoms with Gasteiger partial charge in [-0.1, -0.05) is 12.1 Å². The van der Waals surface area contributed by atoms with Gasteiger partial charge in [-0.25, -0.2) is 4.39 Å². The van der Waals surface area contributed by atoms with E-state index >= 15 is 0 Å². The zero-order valence-electron chi connectivity index (χ0n) is 12.6. The maximum atomic E-state index is 12.9. The molecular weight excluding hydrogens is 283 g/mol. The molecule has 1 aliphatic rings. The van der Waals surface area contributed by atoms with E-state index < -0.39 is 0 Å². The first-order chi connectivity index (χ1) is 10.6. The molecule has 0 spiro atoms. The second kappa shape index (κ2) is 6.27. The summed E-state index contributed by atoms with van der Waals surface area (Å²) in [5, 5.41) is 4.16. The van der Waals surface area contributed by atoms with E-state index in [1.165, 1.54) is 12.1 Å². The number of aryl methyl sites for hydroxylation is 1. The molecule has 116 valence electrons. The Morgan fingerprint density at radius 1 is 1.14 bits per heavy atom. The van der Waals surface area contributed by atoms with E-state index in [4.69, 9.17) is 0 Å². The number of halogens is 1. The number of rotatable bonds is 3. The predicted octanol–water partition coefficient (Wildman–Crippen LogP) is 1.52. The van der Waals surface area contributed by atoms with E-state index in [-0.39, 0.29) is 11.7 Å². The van der Waals surface area contributed by atoms with Crippen LogP contribution in [0.5, 0.6) is 0 Å². The van der Waals surface area contributed by atoms with Gasteiger partial charge in [-0.05, 0) is 23.8 Å². The number of carbonyl (C=O) groups is 1. The van der Waals surface area contributed by atoms with Crippen LogP contribution in [0.2, 0.25) is 0 Å². The molecule has 0 aliphatic carbocycles. The minimum Gasteiger partial charge on any atom is -0.335 e. The topological polar surface area (TPSA) is 41.4 Å². The molecule has 0 radical (unpaired) electrons. The minimum absolute atomic E-state index is 0.0120. The van der Waals surface area contributed by atoms with Gasteiger partial charge in [0.05, 0.1) is 0 Å². The molecule has 1 saturated heterocycles. The molecule has 0 N–H and O–H groups in total. The Kier molecular flexibility index (Phi) is 4.20. The quantitative estimate of drug-likeness (QED) is 0.863. The van der Waals surface area contributed by atoms with Gasteiger partial charge in [0.25, 0.3) is 5.91 Å². The molecule has 0 bridgehead atoms. The normalized spacial score (nSPS) is 16.0. The number of carbonyl (C=O) groups excluding carboxylic acids is 1. The number of aromatic nitrogens is 2. The van der Waals surface area contributed by atoms with Crippen LogP contribution in [0.4, 0.5) is 4.39 Å². The van der Waals surface area contributed by atoms with Crippen LogP contribution < -0.4 is 0 Å². The highest BCUT2D eigenvalue weighted by Crippen LogP contribution is 2.11. The summed E-state index contributed by atoms with van der Waals surface area (Å²) >= 11 is 0. The third kappa shape index (κ3) is 3.33. The summed E-state index contributed by atoms with van der Waals surface area (Å²) < 4.78 is 14.5. The molecule has 1 aromatic heterocycles. The number of amides is 1. The fourth-order valence-electron chi connectivity index (χ4n) is 2.65. The van der Waals surface area contributed by atoms with Crippen LogP contribution >= 0.6 is 0 Å². The summed E-state index contributed by atoms with van der Waals surface area (Å²) in [5.41, 5.74) is 1.58. The smallest absolute Gasteiger partial charge is 0.274 e. The summed E-state index contributed by atoms with van der Waals surface area (Å²) in [6.07, 6.45) is 1.78. The van der Waals surface area contributed by atoms with Crippen molar-refractivity contribution in [3.8, 4) is 0 Å². The molecule has 1 amide bonds. The fraction of sp³-hybridized carbons (Fsp3) is 0.375. The summed E-state index contributed by atoms with van der Waals surface area (Å²) in [6, 6.07) is 8.32. The Balaban J connectivity index is 1.54. The highest BCUT2D eigenvalue weighted by Gasteiger charge is 2.23. The SMILES string of the molecule is Cn1ccc(C(=O)N2CCN(Cc3ccc(F)cc3)CC2)n1. The molecular formula is C16H19FN4O.